The van der Waals surface area contributed by atoms with Gasteiger partial charge in [0.15, 0.2) is 0 Å². The number of aromatic nitrogens is 1. The average molecular weight is 323 g/mol. The third-order valence-corrected chi connectivity index (χ3v) is 4.38. The highest BCUT2D eigenvalue weighted by Gasteiger charge is 2.26. The summed E-state index contributed by atoms with van der Waals surface area (Å²) in [6, 6.07) is 11.9. The van der Waals surface area contributed by atoms with E-state index in [1.54, 1.807) is 6.20 Å². The standard InChI is InChI=1S/C19H21N3O2/c1-13(22-19(24)16-8-10-21-18(23)11-16)14-4-6-15(7-5-14)17-3-2-9-20-12-17/h2-7,9,12-13,16H,8,10-11H2,1H3,(H,21,23)(H,22,24). The molecule has 24 heavy (non-hydrogen) atoms. The Balaban J connectivity index is 1.63. The molecule has 0 bridgehead atoms. The highest BCUT2D eigenvalue weighted by Crippen LogP contribution is 2.22. The molecule has 5 heteroatoms. The van der Waals surface area contributed by atoms with Crippen LogP contribution in [0.2, 0.25) is 0 Å². The van der Waals surface area contributed by atoms with Crippen LogP contribution in [0.25, 0.3) is 11.1 Å². The molecule has 2 amide bonds. The van der Waals surface area contributed by atoms with Gasteiger partial charge in [-0.05, 0) is 36.1 Å². The van der Waals surface area contributed by atoms with E-state index in [4.69, 9.17) is 0 Å². The lowest BCUT2D eigenvalue weighted by Gasteiger charge is -2.23. The van der Waals surface area contributed by atoms with Crippen LogP contribution in [0.15, 0.2) is 48.8 Å². The lowest BCUT2D eigenvalue weighted by atomic mass is 9.95. The number of carbonyl (C=O) groups excluding carboxylic acids is 2. The molecule has 3 rings (SSSR count). The van der Waals surface area contributed by atoms with E-state index in [0.717, 1.165) is 16.7 Å². The number of amides is 2. The molecular formula is C19H21N3O2. The molecule has 0 radical (unpaired) electrons. The zero-order valence-corrected chi connectivity index (χ0v) is 13.7. The quantitative estimate of drug-likeness (QED) is 0.908. The maximum Gasteiger partial charge on any atom is 0.224 e. The number of pyridine rings is 1. The summed E-state index contributed by atoms with van der Waals surface area (Å²) in [7, 11) is 0. The van der Waals surface area contributed by atoms with Gasteiger partial charge >= 0.3 is 0 Å². The van der Waals surface area contributed by atoms with Gasteiger partial charge in [-0.15, -0.1) is 0 Å². The van der Waals surface area contributed by atoms with Crippen molar-refractivity contribution in [2.24, 2.45) is 5.92 Å². The zero-order valence-electron chi connectivity index (χ0n) is 13.7. The Morgan fingerprint density at radius 1 is 1.25 bits per heavy atom. The van der Waals surface area contributed by atoms with Crippen molar-refractivity contribution in [3.63, 3.8) is 0 Å². The van der Waals surface area contributed by atoms with Crippen molar-refractivity contribution in [1.82, 2.24) is 15.6 Å². The summed E-state index contributed by atoms with van der Waals surface area (Å²) in [6.07, 6.45) is 4.55. The molecule has 1 aliphatic rings. The van der Waals surface area contributed by atoms with E-state index in [0.29, 0.717) is 13.0 Å². The zero-order chi connectivity index (χ0) is 16.9. The molecule has 124 valence electrons. The van der Waals surface area contributed by atoms with Crippen molar-refractivity contribution in [1.29, 1.82) is 0 Å². The van der Waals surface area contributed by atoms with Crippen molar-refractivity contribution >= 4 is 11.8 Å². The summed E-state index contributed by atoms with van der Waals surface area (Å²) in [5, 5.41) is 5.76. The minimum absolute atomic E-state index is 0.0464. The van der Waals surface area contributed by atoms with Crippen LogP contribution in [0.1, 0.15) is 31.4 Å². The molecule has 5 nitrogen and oxygen atoms in total. The molecule has 1 fully saturated rings. The fourth-order valence-corrected chi connectivity index (χ4v) is 2.92. The first-order valence-corrected chi connectivity index (χ1v) is 8.21. The third-order valence-electron chi connectivity index (χ3n) is 4.38. The summed E-state index contributed by atoms with van der Waals surface area (Å²) < 4.78 is 0. The van der Waals surface area contributed by atoms with Crippen LogP contribution in [0.4, 0.5) is 0 Å². The Hall–Kier alpha value is -2.69. The number of hydrogen-bond acceptors (Lipinski definition) is 3. The normalized spacial score (nSPS) is 18.5. The first-order valence-electron chi connectivity index (χ1n) is 8.21. The van der Waals surface area contributed by atoms with E-state index in [2.05, 4.69) is 15.6 Å². The summed E-state index contributed by atoms with van der Waals surface area (Å²) in [5.41, 5.74) is 3.19. The highest BCUT2D eigenvalue weighted by molar-refractivity contribution is 5.87. The molecule has 0 aliphatic carbocycles. The lowest BCUT2D eigenvalue weighted by molar-refractivity contribution is -0.132. The predicted octanol–water partition coefficient (Wildman–Crippen LogP) is 2.45. The summed E-state index contributed by atoms with van der Waals surface area (Å²) in [5.74, 6) is -0.320. The number of nitrogens with one attached hydrogen (secondary N) is 2. The summed E-state index contributed by atoms with van der Waals surface area (Å²) in [6.45, 7) is 2.53. The van der Waals surface area contributed by atoms with Gasteiger partial charge in [0.25, 0.3) is 0 Å². The van der Waals surface area contributed by atoms with Crippen molar-refractivity contribution < 1.29 is 9.59 Å². The van der Waals surface area contributed by atoms with Gasteiger partial charge < -0.3 is 10.6 Å². The SMILES string of the molecule is CC(NC(=O)C1CCNC(=O)C1)c1ccc(-c2cccnc2)cc1. The van der Waals surface area contributed by atoms with Gasteiger partial charge in [-0.25, -0.2) is 0 Å². The van der Waals surface area contributed by atoms with Crippen LogP contribution >= 0.6 is 0 Å². The van der Waals surface area contributed by atoms with E-state index in [1.165, 1.54) is 0 Å². The molecule has 0 saturated carbocycles. The van der Waals surface area contributed by atoms with Crippen molar-refractivity contribution in [3.8, 4) is 11.1 Å². The monoisotopic (exact) mass is 323 g/mol. The molecule has 1 aromatic carbocycles. The lowest BCUT2D eigenvalue weighted by Crippen LogP contribution is -2.41. The second-order valence-corrected chi connectivity index (χ2v) is 6.13. The first-order chi connectivity index (χ1) is 11.6. The Bertz CT molecular complexity index is 713. The minimum Gasteiger partial charge on any atom is -0.356 e. The average Bonchev–Trinajstić information content (AvgIpc) is 2.62. The summed E-state index contributed by atoms with van der Waals surface area (Å²) in [4.78, 5) is 27.9. The number of nitrogens with zero attached hydrogens (tertiary/aromatic N) is 1. The van der Waals surface area contributed by atoms with Crippen LogP contribution < -0.4 is 10.6 Å². The Morgan fingerprint density at radius 2 is 2.04 bits per heavy atom. The van der Waals surface area contributed by atoms with Crippen molar-refractivity contribution in [3.05, 3.63) is 54.4 Å². The van der Waals surface area contributed by atoms with Gasteiger partial charge in [-0.2, -0.15) is 0 Å². The second-order valence-electron chi connectivity index (χ2n) is 6.13. The molecule has 1 saturated heterocycles. The van der Waals surface area contributed by atoms with E-state index in [-0.39, 0.29) is 30.2 Å². The Kier molecular flexibility index (Phi) is 4.89. The first kappa shape index (κ1) is 16.2. The molecule has 2 aromatic rings. The highest BCUT2D eigenvalue weighted by atomic mass is 16.2. The van der Waals surface area contributed by atoms with Crippen LogP contribution in [0.5, 0.6) is 0 Å². The maximum absolute atomic E-state index is 12.3. The van der Waals surface area contributed by atoms with E-state index >= 15 is 0 Å². The second kappa shape index (κ2) is 7.25. The molecule has 1 aliphatic heterocycles. The van der Waals surface area contributed by atoms with E-state index in [1.807, 2.05) is 49.5 Å². The maximum atomic E-state index is 12.3. The van der Waals surface area contributed by atoms with Gasteiger partial charge in [0.05, 0.1) is 6.04 Å². The van der Waals surface area contributed by atoms with E-state index in [9.17, 15) is 9.59 Å². The third kappa shape index (κ3) is 3.79. The van der Waals surface area contributed by atoms with Crippen LogP contribution in [0, 0.1) is 5.92 Å². The van der Waals surface area contributed by atoms with Gasteiger partial charge in [0, 0.05) is 31.3 Å². The smallest absolute Gasteiger partial charge is 0.224 e. The fourth-order valence-electron chi connectivity index (χ4n) is 2.92. The van der Waals surface area contributed by atoms with Gasteiger partial charge in [0.2, 0.25) is 11.8 Å². The topological polar surface area (TPSA) is 71.1 Å². The van der Waals surface area contributed by atoms with Crippen LogP contribution in [-0.4, -0.2) is 23.3 Å². The van der Waals surface area contributed by atoms with Gasteiger partial charge in [-0.3, -0.25) is 14.6 Å². The molecule has 2 atom stereocenters. The number of benzene rings is 1. The number of carbonyl (C=O) groups is 2. The number of hydrogen-bond donors (Lipinski definition) is 2. The molecule has 2 heterocycles. The van der Waals surface area contributed by atoms with Crippen molar-refractivity contribution in [2.45, 2.75) is 25.8 Å². The predicted molar refractivity (Wildman–Crippen MR) is 92.0 cm³/mol. The molecular weight excluding hydrogens is 302 g/mol. The minimum atomic E-state index is -0.226. The molecule has 1 aromatic heterocycles. The molecule has 0 spiro atoms. The van der Waals surface area contributed by atoms with Gasteiger partial charge in [0.1, 0.15) is 0 Å². The van der Waals surface area contributed by atoms with E-state index < -0.39 is 0 Å². The fraction of sp³-hybridized carbons (Fsp3) is 0.316. The van der Waals surface area contributed by atoms with Crippen LogP contribution in [-0.2, 0) is 9.59 Å². The van der Waals surface area contributed by atoms with Crippen LogP contribution in [0.3, 0.4) is 0 Å². The summed E-state index contributed by atoms with van der Waals surface area (Å²) >= 11 is 0. The Labute approximate surface area is 141 Å². The number of rotatable bonds is 4. The molecule has 2 N–H and O–H groups in total. The largest absolute Gasteiger partial charge is 0.356 e. The van der Waals surface area contributed by atoms with Crippen molar-refractivity contribution in [2.75, 3.05) is 6.54 Å². The Morgan fingerprint density at radius 3 is 2.71 bits per heavy atom. The van der Waals surface area contributed by atoms with Gasteiger partial charge in [-0.1, -0.05) is 30.3 Å². The molecule has 2 unspecified atom stereocenters. The number of piperidine rings is 1.